The number of carbonyl (C=O) groups is 3. The van der Waals surface area contributed by atoms with E-state index in [0.717, 1.165) is 24.8 Å². The maximum Gasteiger partial charge on any atom is 0.335 e. The smallest absolute Gasteiger partial charge is 0.335 e. The number of amides is 4. The third-order valence-corrected chi connectivity index (χ3v) is 7.61. The predicted molar refractivity (Wildman–Crippen MR) is 159 cm³/mol. The lowest BCUT2D eigenvalue weighted by Crippen LogP contribution is -2.54. The van der Waals surface area contributed by atoms with E-state index in [-0.39, 0.29) is 5.57 Å². The molecule has 1 fully saturated rings. The number of nitrogens with zero attached hydrogens (tertiary/aromatic N) is 1. The predicted octanol–water partition coefficient (Wildman–Crippen LogP) is 6.66. The van der Waals surface area contributed by atoms with Gasteiger partial charge < -0.3 is 9.47 Å². The Morgan fingerprint density at radius 3 is 2.54 bits per heavy atom. The fraction of sp³-hybridized carbons (Fsp3) is 0.100. The molecule has 0 atom stereocenters. The second kappa shape index (κ2) is 11.1. The minimum absolute atomic E-state index is 0.198. The van der Waals surface area contributed by atoms with Crippen LogP contribution in [-0.2, 0) is 16.2 Å². The zero-order chi connectivity index (χ0) is 27.7. The van der Waals surface area contributed by atoms with Gasteiger partial charge in [-0.1, -0.05) is 60.1 Å². The summed E-state index contributed by atoms with van der Waals surface area (Å²) >= 11 is 8.33. The first-order valence-corrected chi connectivity index (χ1v) is 13.4. The lowest BCUT2D eigenvalue weighted by atomic mass is 10.0. The Balaban J connectivity index is 1.46. The topological polar surface area (TPSA) is 84.9 Å². The van der Waals surface area contributed by atoms with Crippen LogP contribution in [0.15, 0.2) is 78.4 Å². The molecule has 0 bridgehead atoms. The van der Waals surface area contributed by atoms with Crippen molar-refractivity contribution < 1.29 is 23.9 Å². The van der Waals surface area contributed by atoms with Crippen molar-refractivity contribution in [2.75, 3.05) is 12.0 Å². The Morgan fingerprint density at radius 1 is 1.00 bits per heavy atom. The minimum Gasteiger partial charge on any atom is -0.493 e. The number of ether oxygens (including phenoxy) is 2. The molecule has 4 aromatic carbocycles. The first-order valence-electron chi connectivity index (χ1n) is 11.9. The third kappa shape index (κ3) is 5.22. The zero-order valence-corrected chi connectivity index (χ0v) is 23.9. The second-order valence-corrected chi connectivity index (χ2v) is 10.4. The highest BCUT2D eigenvalue weighted by Crippen LogP contribution is 2.36. The van der Waals surface area contributed by atoms with Crippen molar-refractivity contribution in [2.24, 2.45) is 0 Å². The number of carbonyl (C=O) groups excluding carboxylic acids is 3. The summed E-state index contributed by atoms with van der Waals surface area (Å²) in [4.78, 5) is 39.6. The van der Waals surface area contributed by atoms with Crippen LogP contribution < -0.4 is 19.7 Å². The summed E-state index contributed by atoms with van der Waals surface area (Å²) in [5.41, 5.74) is 2.20. The molecule has 0 unspecified atom stereocenters. The molecule has 39 heavy (non-hydrogen) atoms. The number of urea groups is 1. The Bertz CT molecular complexity index is 1680. The van der Waals surface area contributed by atoms with Crippen molar-refractivity contribution in [3.05, 3.63) is 104 Å². The van der Waals surface area contributed by atoms with Crippen LogP contribution in [-0.4, -0.2) is 25.0 Å². The van der Waals surface area contributed by atoms with Gasteiger partial charge in [0.2, 0.25) is 0 Å². The van der Waals surface area contributed by atoms with Gasteiger partial charge >= 0.3 is 6.03 Å². The summed E-state index contributed by atoms with van der Waals surface area (Å²) in [6, 6.07) is 21.7. The van der Waals surface area contributed by atoms with E-state index < -0.39 is 17.8 Å². The van der Waals surface area contributed by atoms with Crippen LogP contribution in [0.3, 0.4) is 0 Å². The summed E-state index contributed by atoms with van der Waals surface area (Å²) in [6.07, 6.45) is 1.43. The van der Waals surface area contributed by atoms with E-state index in [9.17, 15) is 14.4 Å². The molecule has 1 aliphatic heterocycles. The van der Waals surface area contributed by atoms with Gasteiger partial charge in [-0.3, -0.25) is 14.9 Å². The van der Waals surface area contributed by atoms with Gasteiger partial charge in [0.05, 0.1) is 16.4 Å². The van der Waals surface area contributed by atoms with Gasteiger partial charge in [0.1, 0.15) is 12.2 Å². The van der Waals surface area contributed by atoms with Crippen LogP contribution in [0.2, 0.25) is 5.02 Å². The maximum absolute atomic E-state index is 13.4. The average molecular weight is 653 g/mol. The second-order valence-electron chi connectivity index (χ2n) is 8.80. The first-order chi connectivity index (χ1) is 18.8. The molecular formula is C30H22ClIN2O5. The molecule has 1 heterocycles. The molecule has 0 saturated carbocycles. The molecule has 9 heteroatoms. The number of nitrogens with one attached hydrogen (secondary N) is 1. The van der Waals surface area contributed by atoms with Crippen LogP contribution in [0.5, 0.6) is 11.5 Å². The average Bonchev–Trinajstić information content (AvgIpc) is 2.92. The van der Waals surface area contributed by atoms with Gasteiger partial charge in [-0.2, -0.15) is 0 Å². The van der Waals surface area contributed by atoms with E-state index in [1.54, 1.807) is 37.3 Å². The summed E-state index contributed by atoms with van der Waals surface area (Å²) in [7, 11) is 1.52. The molecule has 1 N–H and O–H groups in total. The number of benzene rings is 4. The third-order valence-electron chi connectivity index (χ3n) is 6.40. The molecular weight excluding hydrogens is 631 g/mol. The number of hydrogen-bond donors (Lipinski definition) is 1. The van der Waals surface area contributed by atoms with Crippen molar-refractivity contribution in [3.8, 4) is 11.5 Å². The largest absolute Gasteiger partial charge is 0.493 e. The lowest BCUT2D eigenvalue weighted by Gasteiger charge is -2.27. The molecule has 1 aliphatic rings. The van der Waals surface area contributed by atoms with Gasteiger partial charge in [-0.15, -0.1) is 0 Å². The van der Waals surface area contributed by atoms with Crippen molar-refractivity contribution in [3.63, 3.8) is 0 Å². The molecule has 5 rings (SSSR count). The fourth-order valence-electron chi connectivity index (χ4n) is 4.41. The minimum atomic E-state index is -0.836. The van der Waals surface area contributed by atoms with E-state index in [1.165, 1.54) is 13.2 Å². The number of rotatable bonds is 6. The number of hydrogen-bond acceptors (Lipinski definition) is 5. The summed E-state index contributed by atoms with van der Waals surface area (Å²) in [5.74, 6) is -0.555. The highest BCUT2D eigenvalue weighted by atomic mass is 127. The molecule has 0 radical (unpaired) electrons. The standard InChI is InChI=1S/C30H22ClIN2O5/c1-17-23(31)11-6-12-25(17)34-29(36)22(28(35)33-30(34)37)13-18-14-24(32)27(26(15-18)38-2)39-16-20-9-5-8-19-7-3-4-10-21(19)20/h3-15H,16H2,1-2H3,(H,33,35,37)/b22-13+. The number of barbiturate groups is 1. The van der Waals surface area contributed by atoms with Crippen molar-refractivity contribution >= 4 is 74.6 Å². The van der Waals surface area contributed by atoms with E-state index in [0.29, 0.717) is 39.9 Å². The molecule has 4 aromatic rings. The Labute approximate surface area is 243 Å². The van der Waals surface area contributed by atoms with E-state index in [1.807, 2.05) is 24.3 Å². The van der Waals surface area contributed by atoms with Crippen LogP contribution in [0.25, 0.3) is 16.8 Å². The van der Waals surface area contributed by atoms with Crippen molar-refractivity contribution in [1.29, 1.82) is 0 Å². The molecule has 0 aliphatic carbocycles. The van der Waals surface area contributed by atoms with Crippen molar-refractivity contribution in [2.45, 2.75) is 13.5 Å². The quantitative estimate of drug-likeness (QED) is 0.143. The highest BCUT2D eigenvalue weighted by Gasteiger charge is 2.37. The molecule has 0 spiro atoms. The van der Waals surface area contributed by atoms with Crippen LogP contribution in [0.1, 0.15) is 16.7 Å². The molecule has 196 valence electrons. The number of methoxy groups -OCH3 is 1. The Kier molecular flexibility index (Phi) is 7.58. The summed E-state index contributed by atoms with van der Waals surface area (Å²) < 4.78 is 12.5. The van der Waals surface area contributed by atoms with Gasteiger partial charge in [0.15, 0.2) is 11.5 Å². The maximum atomic E-state index is 13.4. The van der Waals surface area contributed by atoms with Crippen LogP contribution >= 0.6 is 34.2 Å². The lowest BCUT2D eigenvalue weighted by molar-refractivity contribution is -0.122. The highest BCUT2D eigenvalue weighted by molar-refractivity contribution is 14.1. The zero-order valence-electron chi connectivity index (χ0n) is 21.0. The fourth-order valence-corrected chi connectivity index (χ4v) is 5.36. The molecule has 7 nitrogen and oxygen atoms in total. The van der Waals surface area contributed by atoms with Gasteiger partial charge in [-0.25, -0.2) is 9.69 Å². The molecule has 1 saturated heterocycles. The normalized spacial score (nSPS) is 14.6. The SMILES string of the molecule is COc1cc(/C=C2\C(=O)NC(=O)N(c3cccc(Cl)c3C)C2=O)cc(I)c1OCc1cccc2ccccc12. The van der Waals surface area contributed by atoms with Gasteiger partial charge in [0, 0.05) is 5.02 Å². The first kappa shape index (κ1) is 26.7. The number of fused-ring (bicyclic) bond motifs is 1. The number of anilines is 1. The van der Waals surface area contributed by atoms with E-state index in [4.69, 9.17) is 21.1 Å². The van der Waals surface area contributed by atoms with Crippen molar-refractivity contribution in [1.82, 2.24) is 5.32 Å². The summed E-state index contributed by atoms with van der Waals surface area (Å²) in [5, 5.41) is 4.86. The van der Waals surface area contributed by atoms with Gasteiger partial charge in [-0.05, 0) is 87.3 Å². The van der Waals surface area contributed by atoms with Crippen LogP contribution in [0, 0.1) is 10.5 Å². The molecule has 0 aromatic heterocycles. The van der Waals surface area contributed by atoms with Gasteiger partial charge in [0.25, 0.3) is 11.8 Å². The monoisotopic (exact) mass is 652 g/mol. The van der Waals surface area contributed by atoms with Crippen LogP contribution in [0.4, 0.5) is 10.5 Å². The number of imide groups is 2. The number of halogens is 2. The Hall–Kier alpha value is -3.89. The Morgan fingerprint density at radius 2 is 1.74 bits per heavy atom. The van der Waals surface area contributed by atoms with E-state index >= 15 is 0 Å². The molecule has 4 amide bonds. The summed E-state index contributed by atoms with van der Waals surface area (Å²) in [6.45, 7) is 2.02. The van der Waals surface area contributed by atoms with E-state index in [2.05, 4.69) is 46.1 Å².